The van der Waals surface area contributed by atoms with E-state index in [0.717, 1.165) is 25.7 Å². The Morgan fingerprint density at radius 1 is 1.38 bits per heavy atom. The first kappa shape index (κ1) is 12.2. The summed E-state index contributed by atoms with van der Waals surface area (Å²) in [5, 5.41) is 2.99. The number of hydrogen-bond acceptors (Lipinski definition) is 1. The van der Waals surface area contributed by atoms with Crippen LogP contribution >= 0.6 is 0 Å². The maximum atomic E-state index is 11.0. The van der Waals surface area contributed by atoms with Crippen molar-refractivity contribution in [2.45, 2.75) is 52.0 Å². The molecule has 0 heterocycles. The summed E-state index contributed by atoms with van der Waals surface area (Å²) >= 11 is 0. The molecule has 0 aromatic rings. The van der Waals surface area contributed by atoms with Crippen LogP contribution in [0.15, 0.2) is 12.7 Å². The molecule has 0 bridgehead atoms. The normalized spacial score (nSPS) is 11.0. The Balaban J connectivity index is 4.42. The Bertz CT molecular complexity index is 169. The second-order valence-corrected chi connectivity index (χ2v) is 3.54. The molecule has 0 aromatic carbocycles. The van der Waals surface area contributed by atoms with E-state index in [1.165, 1.54) is 0 Å². The number of rotatable bonds is 6. The van der Waals surface area contributed by atoms with E-state index in [-0.39, 0.29) is 11.4 Å². The molecule has 13 heavy (non-hydrogen) atoms. The lowest BCUT2D eigenvalue weighted by molar-refractivity contribution is -0.120. The van der Waals surface area contributed by atoms with Gasteiger partial charge in [0.1, 0.15) is 0 Å². The molecule has 0 unspecified atom stereocenters. The predicted octanol–water partition coefficient (Wildman–Crippen LogP) is 2.65. The highest BCUT2D eigenvalue weighted by molar-refractivity contribution is 5.74. The van der Waals surface area contributed by atoms with Crippen molar-refractivity contribution in [1.82, 2.24) is 5.32 Å². The summed E-state index contributed by atoms with van der Waals surface area (Å²) in [7, 11) is 0. The topological polar surface area (TPSA) is 29.1 Å². The zero-order chi connectivity index (χ0) is 10.3. The molecule has 76 valence electrons. The largest absolute Gasteiger partial charge is 0.347 e. The molecule has 0 atom stereocenters. The summed E-state index contributed by atoms with van der Waals surface area (Å²) in [6.07, 6.45) is 5.95. The lowest BCUT2D eigenvalue weighted by Gasteiger charge is -2.30. The molecule has 0 spiro atoms. The first-order valence-corrected chi connectivity index (χ1v) is 5.02. The van der Waals surface area contributed by atoms with Crippen molar-refractivity contribution in [3.63, 3.8) is 0 Å². The zero-order valence-corrected chi connectivity index (χ0v) is 9.02. The van der Waals surface area contributed by atoms with Gasteiger partial charge in [0, 0.05) is 6.92 Å². The van der Waals surface area contributed by atoms with Gasteiger partial charge in [-0.3, -0.25) is 4.79 Å². The average Bonchev–Trinajstić information content (AvgIpc) is 2.04. The van der Waals surface area contributed by atoms with Crippen LogP contribution in [0.25, 0.3) is 0 Å². The molecule has 0 fully saturated rings. The molecule has 2 nitrogen and oxygen atoms in total. The molecular weight excluding hydrogens is 162 g/mol. The third kappa shape index (κ3) is 4.11. The molecule has 0 saturated heterocycles. The van der Waals surface area contributed by atoms with Crippen molar-refractivity contribution < 1.29 is 4.79 Å². The van der Waals surface area contributed by atoms with Crippen LogP contribution in [0.5, 0.6) is 0 Å². The maximum absolute atomic E-state index is 11.0. The predicted molar refractivity (Wildman–Crippen MR) is 56.6 cm³/mol. The molecule has 0 saturated carbocycles. The highest BCUT2D eigenvalue weighted by Gasteiger charge is 2.24. The molecular formula is C11H21NO. The van der Waals surface area contributed by atoms with Crippen LogP contribution < -0.4 is 5.32 Å². The number of nitrogens with one attached hydrogen (secondary N) is 1. The lowest BCUT2D eigenvalue weighted by Crippen LogP contribution is -2.45. The first-order valence-electron chi connectivity index (χ1n) is 5.02. The van der Waals surface area contributed by atoms with Gasteiger partial charge in [0.05, 0.1) is 5.54 Å². The molecule has 0 aliphatic heterocycles. The van der Waals surface area contributed by atoms with Gasteiger partial charge in [-0.25, -0.2) is 0 Å². The molecule has 0 aliphatic rings. The van der Waals surface area contributed by atoms with E-state index in [1.807, 2.05) is 6.08 Å². The van der Waals surface area contributed by atoms with E-state index in [2.05, 4.69) is 25.7 Å². The number of carbonyl (C=O) groups excluding carboxylic acids is 1. The van der Waals surface area contributed by atoms with Crippen molar-refractivity contribution in [2.24, 2.45) is 0 Å². The van der Waals surface area contributed by atoms with E-state index < -0.39 is 0 Å². The van der Waals surface area contributed by atoms with E-state index in [0.29, 0.717) is 0 Å². The number of carbonyl (C=O) groups is 1. The highest BCUT2D eigenvalue weighted by Crippen LogP contribution is 2.20. The summed E-state index contributed by atoms with van der Waals surface area (Å²) in [4.78, 5) is 11.0. The minimum Gasteiger partial charge on any atom is -0.347 e. The van der Waals surface area contributed by atoms with Gasteiger partial charge in [-0.1, -0.05) is 32.8 Å². The number of amides is 1. The molecule has 2 heteroatoms. The van der Waals surface area contributed by atoms with Crippen molar-refractivity contribution in [3.8, 4) is 0 Å². The quantitative estimate of drug-likeness (QED) is 0.630. The smallest absolute Gasteiger partial charge is 0.217 e. The summed E-state index contributed by atoms with van der Waals surface area (Å²) in [5.74, 6) is 0.0294. The summed E-state index contributed by atoms with van der Waals surface area (Å²) in [6, 6.07) is 0. The van der Waals surface area contributed by atoms with Crippen LogP contribution in [0.1, 0.15) is 46.5 Å². The van der Waals surface area contributed by atoms with E-state index >= 15 is 0 Å². The van der Waals surface area contributed by atoms with Gasteiger partial charge in [-0.05, 0) is 12.8 Å². The van der Waals surface area contributed by atoms with Gasteiger partial charge in [-0.15, -0.1) is 6.58 Å². The van der Waals surface area contributed by atoms with Crippen LogP contribution in [-0.2, 0) is 4.79 Å². The van der Waals surface area contributed by atoms with Crippen molar-refractivity contribution in [3.05, 3.63) is 12.7 Å². The van der Waals surface area contributed by atoms with Gasteiger partial charge in [0.2, 0.25) is 5.91 Å². The van der Waals surface area contributed by atoms with Gasteiger partial charge in [0.15, 0.2) is 0 Å². The zero-order valence-electron chi connectivity index (χ0n) is 9.02. The molecule has 1 N–H and O–H groups in total. The fraction of sp³-hybridized carbons (Fsp3) is 0.727. The lowest BCUT2D eigenvalue weighted by atomic mass is 9.88. The monoisotopic (exact) mass is 183 g/mol. The molecule has 0 aromatic heterocycles. The van der Waals surface area contributed by atoms with Crippen LogP contribution in [0.3, 0.4) is 0 Å². The van der Waals surface area contributed by atoms with Crippen molar-refractivity contribution >= 4 is 5.91 Å². The molecule has 0 rings (SSSR count). The van der Waals surface area contributed by atoms with E-state index in [1.54, 1.807) is 6.92 Å². The van der Waals surface area contributed by atoms with Crippen molar-refractivity contribution in [1.29, 1.82) is 0 Å². The third-order valence-corrected chi connectivity index (χ3v) is 2.21. The molecule has 0 radical (unpaired) electrons. The van der Waals surface area contributed by atoms with Gasteiger partial charge in [0.25, 0.3) is 0 Å². The highest BCUT2D eigenvalue weighted by atomic mass is 16.1. The number of hydrogen-bond donors (Lipinski definition) is 1. The minimum absolute atomic E-state index is 0.0294. The van der Waals surface area contributed by atoms with Gasteiger partial charge in [-0.2, -0.15) is 0 Å². The van der Waals surface area contributed by atoms with Crippen LogP contribution in [0.2, 0.25) is 0 Å². The SMILES string of the molecule is C=CC(CCC)(CCC)NC(C)=O. The Hall–Kier alpha value is -0.790. The third-order valence-electron chi connectivity index (χ3n) is 2.21. The van der Waals surface area contributed by atoms with Crippen molar-refractivity contribution in [2.75, 3.05) is 0 Å². The van der Waals surface area contributed by atoms with Gasteiger partial charge >= 0.3 is 0 Å². The Labute approximate surface area is 81.4 Å². The summed E-state index contributed by atoms with van der Waals surface area (Å²) < 4.78 is 0. The standard InChI is InChI=1S/C11H21NO/c1-5-8-11(7-3,9-6-2)12-10(4)13/h7H,3,5-6,8-9H2,1-2,4H3,(H,12,13). The van der Waals surface area contributed by atoms with E-state index in [4.69, 9.17) is 0 Å². The van der Waals surface area contributed by atoms with Crippen LogP contribution in [0, 0.1) is 0 Å². The second kappa shape index (κ2) is 5.79. The van der Waals surface area contributed by atoms with Gasteiger partial charge < -0.3 is 5.32 Å². The summed E-state index contributed by atoms with van der Waals surface area (Å²) in [5.41, 5.74) is -0.171. The first-order chi connectivity index (χ1) is 6.10. The molecule has 1 amide bonds. The fourth-order valence-electron chi connectivity index (χ4n) is 1.75. The minimum atomic E-state index is -0.171. The Morgan fingerprint density at radius 2 is 1.85 bits per heavy atom. The average molecular weight is 183 g/mol. The maximum Gasteiger partial charge on any atom is 0.217 e. The fourth-order valence-corrected chi connectivity index (χ4v) is 1.75. The van der Waals surface area contributed by atoms with E-state index in [9.17, 15) is 4.79 Å². The molecule has 0 aliphatic carbocycles. The summed E-state index contributed by atoms with van der Waals surface area (Å²) in [6.45, 7) is 9.61. The van der Waals surface area contributed by atoms with Crippen LogP contribution in [-0.4, -0.2) is 11.4 Å². The van der Waals surface area contributed by atoms with Crippen LogP contribution in [0.4, 0.5) is 0 Å². The Kier molecular flexibility index (Phi) is 5.44. The second-order valence-electron chi connectivity index (χ2n) is 3.54. The Morgan fingerprint density at radius 3 is 2.08 bits per heavy atom.